The van der Waals surface area contributed by atoms with Crippen LogP contribution in [0, 0.1) is 13.8 Å². The zero-order valence-electron chi connectivity index (χ0n) is 17.1. The van der Waals surface area contributed by atoms with Gasteiger partial charge in [0.05, 0.1) is 19.2 Å². The molecular weight excluding hydrogens is 340 g/mol. The number of benzene rings is 1. The summed E-state index contributed by atoms with van der Waals surface area (Å²) in [5, 5.41) is 12.5. The van der Waals surface area contributed by atoms with Gasteiger partial charge in [-0.3, -0.25) is 4.90 Å². The van der Waals surface area contributed by atoms with Gasteiger partial charge in [-0.1, -0.05) is 25.5 Å². The second kappa shape index (κ2) is 9.28. The standard InChI is InChI=1S/C20H32N6O/c1-5-6-18(20-21-22-23-26(20)13-14-27-4)24-9-11-25(12-10-24)19-15-16(2)7-8-17(19)3/h7-8,15,18H,5-6,9-14H2,1-4H3/t18-/m0/s1. The van der Waals surface area contributed by atoms with Crippen molar-refractivity contribution in [3.8, 4) is 0 Å². The normalized spacial score (nSPS) is 16.7. The maximum absolute atomic E-state index is 5.20. The van der Waals surface area contributed by atoms with Gasteiger partial charge in [-0.25, -0.2) is 4.68 Å². The average molecular weight is 373 g/mol. The van der Waals surface area contributed by atoms with Crippen LogP contribution >= 0.6 is 0 Å². The van der Waals surface area contributed by atoms with Crippen LogP contribution in [0.5, 0.6) is 0 Å². The molecule has 7 heteroatoms. The summed E-state index contributed by atoms with van der Waals surface area (Å²) in [6, 6.07) is 6.98. The van der Waals surface area contributed by atoms with E-state index in [1.165, 1.54) is 16.8 Å². The molecule has 0 saturated carbocycles. The molecule has 1 fully saturated rings. The minimum Gasteiger partial charge on any atom is -0.383 e. The zero-order chi connectivity index (χ0) is 19.2. The van der Waals surface area contributed by atoms with Crippen LogP contribution < -0.4 is 4.90 Å². The van der Waals surface area contributed by atoms with Crippen molar-refractivity contribution in [1.82, 2.24) is 25.1 Å². The highest BCUT2D eigenvalue weighted by atomic mass is 16.5. The van der Waals surface area contributed by atoms with Gasteiger partial charge in [0.1, 0.15) is 0 Å². The summed E-state index contributed by atoms with van der Waals surface area (Å²) >= 11 is 0. The monoisotopic (exact) mass is 372 g/mol. The van der Waals surface area contributed by atoms with Gasteiger partial charge in [-0.05, 0) is 47.9 Å². The van der Waals surface area contributed by atoms with Gasteiger partial charge in [0, 0.05) is 39.0 Å². The summed E-state index contributed by atoms with van der Waals surface area (Å²) in [5.41, 5.74) is 4.04. The van der Waals surface area contributed by atoms with E-state index < -0.39 is 0 Å². The number of tetrazole rings is 1. The Balaban J connectivity index is 1.70. The lowest BCUT2D eigenvalue weighted by Crippen LogP contribution is -2.48. The number of methoxy groups -OCH3 is 1. The number of aryl methyl sites for hydroxylation is 2. The third kappa shape index (κ3) is 4.65. The highest BCUT2D eigenvalue weighted by Gasteiger charge is 2.28. The minimum absolute atomic E-state index is 0.266. The van der Waals surface area contributed by atoms with Crippen LogP contribution in [-0.2, 0) is 11.3 Å². The lowest BCUT2D eigenvalue weighted by Gasteiger charge is -2.40. The van der Waals surface area contributed by atoms with Crippen molar-refractivity contribution in [2.24, 2.45) is 0 Å². The number of hydrogen-bond donors (Lipinski definition) is 0. The highest BCUT2D eigenvalue weighted by molar-refractivity contribution is 5.55. The summed E-state index contributed by atoms with van der Waals surface area (Å²) in [5.74, 6) is 0.967. The first-order valence-corrected chi connectivity index (χ1v) is 9.95. The molecular formula is C20H32N6O. The van der Waals surface area contributed by atoms with Crippen molar-refractivity contribution in [1.29, 1.82) is 0 Å². The largest absolute Gasteiger partial charge is 0.383 e. The number of anilines is 1. The average Bonchev–Trinajstić information content (AvgIpc) is 3.15. The van der Waals surface area contributed by atoms with Gasteiger partial charge >= 0.3 is 0 Å². The minimum atomic E-state index is 0.266. The lowest BCUT2D eigenvalue weighted by molar-refractivity contribution is 0.153. The molecule has 0 amide bonds. The Morgan fingerprint density at radius 1 is 1.15 bits per heavy atom. The van der Waals surface area contributed by atoms with Gasteiger partial charge in [0.15, 0.2) is 5.82 Å². The molecule has 2 heterocycles. The van der Waals surface area contributed by atoms with E-state index in [9.17, 15) is 0 Å². The first-order valence-electron chi connectivity index (χ1n) is 9.95. The van der Waals surface area contributed by atoms with E-state index in [0.717, 1.165) is 44.8 Å². The molecule has 0 radical (unpaired) electrons. The molecule has 1 aliphatic heterocycles. The molecule has 27 heavy (non-hydrogen) atoms. The van der Waals surface area contributed by atoms with Gasteiger partial charge in [-0.2, -0.15) is 0 Å². The van der Waals surface area contributed by atoms with Crippen LogP contribution in [0.2, 0.25) is 0 Å². The lowest BCUT2D eigenvalue weighted by atomic mass is 10.1. The van der Waals surface area contributed by atoms with Crippen molar-refractivity contribution in [3.05, 3.63) is 35.2 Å². The first-order chi connectivity index (χ1) is 13.1. The summed E-state index contributed by atoms with van der Waals surface area (Å²) in [6.45, 7) is 12.0. The Bertz CT molecular complexity index is 723. The highest BCUT2D eigenvalue weighted by Crippen LogP contribution is 2.28. The molecule has 0 aliphatic carbocycles. The Labute approximate surface area is 162 Å². The maximum atomic E-state index is 5.20. The molecule has 0 N–H and O–H groups in total. The predicted octanol–water partition coefficient (Wildman–Crippen LogP) is 2.60. The van der Waals surface area contributed by atoms with Crippen LogP contribution in [0.25, 0.3) is 0 Å². The number of ether oxygens (including phenoxy) is 1. The van der Waals surface area contributed by atoms with Crippen molar-refractivity contribution in [2.45, 2.75) is 46.2 Å². The van der Waals surface area contributed by atoms with E-state index in [-0.39, 0.29) is 6.04 Å². The molecule has 1 aliphatic rings. The Morgan fingerprint density at radius 3 is 2.63 bits per heavy atom. The third-order valence-corrected chi connectivity index (χ3v) is 5.39. The molecule has 7 nitrogen and oxygen atoms in total. The van der Waals surface area contributed by atoms with Crippen molar-refractivity contribution >= 4 is 5.69 Å². The van der Waals surface area contributed by atoms with Crippen molar-refractivity contribution in [3.63, 3.8) is 0 Å². The molecule has 1 aromatic carbocycles. The fourth-order valence-electron chi connectivity index (χ4n) is 3.87. The fraction of sp³-hybridized carbons (Fsp3) is 0.650. The Morgan fingerprint density at radius 2 is 1.93 bits per heavy atom. The molecule has 148 valence electrons. The van der Waals surface area contributed by atoms with Crippen LogP contribution in [0.1, 0.15) is 42.8 Å². The van der Waals surface area contributed by atoms with Gasteiger partial charge in [-0.15, -0.1) is 5.10 Å². The van der Waals surface area contributed by atoms with Crippen LogP contribution in [0.15, 0.2) is 18.2 Å². The SMILES string of the molecule is CCC[C@@H](c1nnnn1CCOC)N1CCN(c2cc(C)ccc2C)CC1. The van der Waals surface area contributed by atoms with E-state index in [1.807, 2.05) is 4.68 Å². The van der Waals surface area contributed by atoms with Gasteiger partial charge in [0.25, 0.3) is 0 Å². The summed E-state index contributed by atoms with van der Waals surface area (Å²) in [6.07, 6.45) is 2.18. The number of rotatable bonds is 8. The number of piperazine rings is 1. The second-order valence-electron chi connectivity index (χ2n) is 7.37. The summed E-state index contributed by atoms with van der Waals surface area (Å²) < 4.78 is 7.11. The Hall–Kier alpha value is -1.99. The number of aromatic nitrogens is 4. The first kappa shape index (κ1) is 19.8. The molecule has 0 spiro atoms. The van der Waals surface area contributed by atoms with Gasteiger partial charge in [0.2, 0.25) is 0 Å². The van der Waals surface area contributed by atoms with E-state index in [4.69, 9.17) is 4.74 Å². The maximum Gasteiger partial charge on any atom is 0.168 e. The van der Waals surface area contributed by atoms with E-state index in [2.05, 4.69) is 64.3 Å². The number of hydrogen-bond acceptors (Lipinski definition) is 6. The molecule has 1 saturated heterocycles. The molecule has 3 rings (SSSR count). The molecule has 1 atom stereocenters. The molecule has 0 unspecified atom stereocenters. The van der Waals surface area contributed by atoms with E-state index >= 15 is 0 Å². The topological polar surface area (TPSA) is 59.3 Å². The second-order valence-corrected chi connectivity index (χ2v) is 7.37. The van der Waals surface area contributed by atoms with Gasteiger partial charge < -0.3 is 9.64 Å². The van der Waals surface area contributed by atoms with E-state index in [1.54, 1.807) is 7.11 Å². The van der Waals surface area contributed by atoms with Crippen LogP contribution in [-0.4, -0.2) is 65.0 Å². The smallest absolute Gasteiger partial charge is 0.168 e. The van der Waals surface area contributed by atoms with E-state index in [0.29, 0.717) is 13.2 Å². The quantitative estimate of drug-likeness (QED) is 0.710. The van der Waals surface area contributed by atoms with Crippen molar-refractivity contribution in [2.75, 3.05) is 44.8 Å². The van der Waals surface area contributed by atoms with Crippen molar-refractivity contribution < 1.29 is 4.74 Å². The van der Waals surface area contributed by atoms with Crippen LogP contribution in [0.4, 0.5) is 5.69 Å². The molecule has 2 aromatic rings. The fourth-order valence-corrected chi connectivity index (χ4v) is 3.87. The predicted molar refractivity (Wildman–Crippen MR) is 107 cm³/mol. The van der Waals surface area contributed by atoms with Crippen LogP contribution in [0.3, 0.4) is 0 Å². The molecule has 1 aromatic heterocycles. The number of nitrogens with zero attached hydrogens (tertiary/aromatic N) is 6. The zero-order valence-corrected chi connectivity index (χ0v) is 17.1. The third-order valence-electron chi connectivity index (χ3n) is 5.39. The summed E-state index contributed by atoms with van der Waals surface area (Å²) in [4.78, 5) is 5.05. The molecule has 0 bridgehead atoms. The Kier molecular flexibility index (Phi) is 6.79. The summed E-state index contributed by atoms with van der Waals surface area (Å²) in [7, 11) is 1.71.